The Hall–Kier alpha value is -0.560. The first kappa shape index (κ1) is 24.7. The van der Waals surface area contributed by atoms with E-state index in [4.69, 9.17) is 11.5 Å². The van der Waals surface area contributed by atoms with Gasteiger partial charge in [-0.05, 0) is 25.7 Å². The SMILES string of the molecule is CCC(CC)(CN)C(=O)N1CCCC(C(=O)NCCN)C1.Cl.Cl. The second-order valence-corrected chi connectivity index (χ2v) is 5.86. The summed E-state index contributed by atoms with van der Waals surface area (Å²) in [6.45, 7) is 6.51. The number of nitrogens with zero attached hydrogens (tertiary/aromatic N) is 1. The van der Waals surface area contributed by atoms with Crippen molar-refractivity contribution in [3.63, 3.8) is 0 Å². The number of hydrogen-bond donors (Lipinski definition) is 3. The number of carbonyl (C=O) groups excluding carboxylic acids is 2. The van der Waals surface area contributed by atoms with Gasteiger partial charge in [-0.15, -0.1) is 24.8 Å². The molecule has 1 atom stereocenters. The lowest BCUT2D eigenvalue weighted by molar-refractivity contribution is -0.145. The lowest BCUT2D eigenvalue weighted by Crippen LogP contribution is -2.52. The Kier molecular flexibility index (Phi) is 12.8. The van der Waals surface area contributed by atoms with Crippen molar-refractivity contribution in [2.75, 3.05) is 32.7 Å². The van der Waals surface area contributed by atoms with Crippen molar-refractivity contribution in [3.8, 4) is 0 Å². The molecule has 1 aliphatic rings. The smallest absolute Gasteiger partial charge is 0.230 e. The summed E-state index contributed by atoms with van der Waals surface area (Å²) in [5.74, 6) is -0.0194. The maximum Gasteiger partial charge on any atom is 0.230 e. The quantitative estimate of drug-likeness (QED) is 0.619. The molecule has 0 aromatic carbocycles. The molecule has 1 heterocycles. The summed E-state index contributed by atoms with van der Waals surface area (Å²) in [4.78, 5) is 26.7. The van der Waals surface area contributed by atoms with Gasteiger partial charge in [-0.25, -0.2) is 0 Å². The van der Waals surface area contributed by atoms with Crippen molar-refractivity contribution < 1.29 is 9.59 Å². The van der Waals surface area contributed by atoms with E-state index in [1.807, 2.05) is 18.7 Å². The van der Waals surface area contributed by atoms with Gasteiger partial charge in [0.1, 0.15) is 0 Å². The van der Waals surface area contributed by atoms with Crippen LogP contribution in [0.1, 0.15) is 39.5 Å². The summed E-state index contributed by atoms with van der Waals surface area (Å²) in [5, 5.41) is 2.82. The minimum Gasteiger partial charge on any atom is -0.355 e. The number of amides is 2. The largest absolute Gasteiger partial charge is 0.355 e. The van der Waals surface area contributed by atoms with E-state index in [0.29, 0.717) is 26.2 Å². The first-order chi connectivity index (χ1) is 10.0. The Labute approximate surface area is 151 Å². The second kappa shape index (κ2) is 11.9. The molecule has 1 fully saturated rings. The summed E-state index contributed by atoms with van der Waals surface area (Å²) in [7, 11) is 0. The molecule has 0 saturated carbocycles. The number of carbonyl (C=O) groups is 2. The van der Waals surface area contributed by atoms with Gasteiger partial charge in [0.2, 0.25) is 11.8 Å². The first-order valence-electron chi connectivity index (χ1n) is 8.01. The Morgan fingerprint density at radius 3 is 2.30 bits per heavy atom. The van der Waals surface area contributed by atoms with E-state index in [1.165, 1.54) is 0 Å². The van der Waals surface area contributed by atoms with Crippen LogP contribution in [-0.4, -0.2) is 49.4 Å². The van der Waals surface area contributed by atoms with E-state index in [1.54, 1.807) is 0 Å². The summed E-state index contributed by atoms with van der Waals surface area (Å²) in [5.41, 5.74) is 10.8. The molecule has 5 N–H and O–H groups in total. The van der Waals surface area contributed by atoms with Crippen LogP contribution in [0.3, 0.4) is 0 Å². The topological polar surface area (TPSA) is 101 Å². The normalized spacial score (nSPS) is 17.7. The monoisotopic (exact) mass is 370 g/mol. The highest BCUT2D eigenvalue weighted by atomic mass is 35.5. The van der Waals surface area contributed by atoms with Crippen LogP contribution in [0.15, 0.2) is 0 Å². The first-order valence-corrected chi connectivity index (χ1v) is 8.01. The molecule has 6 nitrogen and oxygen atoms in total. The molecule has 1 saturated heterocycles. The maximum absolute atomic E-state index is 12.8. The maximum atomic E-state index is 12.8. The van der Waals surface area contributed by atoms with E-state index in [9.17, 15) is 9.59 Å². The summed E-state index contributed by atoms with van der Waals surface area (Å²) in [6.07, 6.45) is 3.16. The minimum absolute atomic E-state index is 0. The Morgan fingerprint density at radius 2 is 1.83 bits per heavy atom. The summed E-state index contributed by atoms with van der Waals surface area (Å²) < 4.78 is 0. The molecule has 0 radical (unpaired) electrons. The van der Waals surface area contributed by atoms with Crippen LogP contribution in [0, 0.1) is 11.3 Å². The number of nitrogens with one attached hydrogen (secondary N) is 1. The number of nitrogens with two attached hydrogens (primary N) is 2. The highest BCUT2D eigenvalue weighted by Gasteiger charge is 2.39. The second-order valence-electron chi connectivity index (χ2n) is 5.86. The molecule has 8 heteroatoms. The van der Waals surface area contributed by atoms with Crippen LogP contribution in [0.5, 0.6) is 0 Å². The van der Waals surface area contributed by atoms with Crippen LogP contribution < -0.4 is 16.8 Å². The third-order valence-electron chi connectivity index (χ3n) is 4.72. The highest BCUT2D eigenvalue weighted by Crippen LogP contribution is 2.30. The zero-order chi connectivity index (χ0) is 15.9. The van der Waals surface area contributed by atoms with Crippen molar-refractivity contribution in [2.45, 2.75) is 39.5 Å². The molecule has 1 aliphatic heterocycles. The van der Waals surface area contributed by atoms with E-state index in [0.717, 1.165) is 32.2 Å². The average molecular weight is 371 g/mol. The molecular formula is C15H32Cl2N4O2. The van der Waals surface area contributed by atoms with Gasteiger partial charge in [-0.2, -0.15) is 0 Å². The molecule has 0 spiro atoms. The Bertz CT molecular complexity index is 357. The van der Waals surface area contributed by atoms with Crippen LogP contribution in [-0.2, 0) is 9.59 Å². The highest BCUT2D eigenvalue weighted by molar-refractivity contribution is 5.86. The van der Waals surface area contributed by atoms with Crippen molar-refractivity contribution >= 4 is 36.6 Å². The number of piperidine rings is 1. The van der Waals surface area contributed by atoms with Gasteiger partial charge in [0.25, 0.3) is 0 Å². The fourth-order valence-electron chi connectivity index (χ4n) is 2.98. The van der Waals surface area contributed by atoms with Gasteiger partial charge in [0, 0.05) is 32.7 Å². The summed E-state index contributed by atoms with van der Waals surface area (Å²) in [6, 6.07) is 0. The van der Waals surface area contributed by atoms with Crippen LogP contribution in [0.2, 0.25) is 0 Å². The van der Waals surface area contributed by atoms with Crippen molar-refractivity contribution in [2.24, 2.45) is 22.8 Å². The fourth-order valence-corrected chi connectivity index (χ4v) is 2.98. The molecule has 23 heavy (non-hydrogen) atoms. The third kappa shape index (κ3) is 6.10. The Balaban J connectivity index is 0. The molecule has 1 unspecified atom stereocenters. The van der Waals surface area contributed by atoms with E-state index >= 15 is 0 Å². The molecule has 1 rings (SSSR count). The standard InChI is InChI=1S/C15H30N4O2.2ClH/c1-3-15(4-2,11-17)14(21)19-9-5-6-12(10-19)13(20)18-8-7-16;;/h12H,3-11,16-17H2,1-2H3,(H,18,20);2*1H. The van der Waals surface area contributed by atoms with Gasteiger partial charge in [-0.3, -0.25) is 9.59 Å². The zero-order valence-electron chi connectivity index (χ0n) is 14.2. The van der Waals surface area contributed by atoms with Crippen molar-refractivity contribution in [1.29, 1.82) is 0 Å². The molecule has 138 valence electrons. The number of halogens is 2. The van der Waals surface area contributed by atoms with Crippen LogP contribution >= 0.6 is 24.8 Å². The van der Waals surface area contributed by atoms with E-state index < -0.39 is 5.41 Å². The lowest BCUT2D eigenvalue weighted by Gasteiger charge is -2.39. The molecule has 0 aromatic rings. The van der Waals surface area contributed by atoms with E-state index in [2.05, 4.69) is 5.32 Å². The van der Waals surface area contributed by atoms with Gasteiger partial charge in [0.05, 0.1) is 11.3 Å². The molecular weight excluding hydrogens is 339 g/mol. The minimum atomic E-state index is -0.477. The fraction of sp³-hybridized carbons (Fsp3) is 0.867. The molecule has 0 bridgehead atoms. The van der Waals surface area contributed by atoms with Crippen LogP contribution in [0.25, 0.3) is 0 Å². The summed E-state index contributed by atoms with van der Waals surface area (Å²) >= 11 is 0. The number of rotatable bonds is 7. The van der Waals surface area contributed by atoms with Crippen molar-refractivity contribution in [1.82, 2.24) is 10.2 Å². The predicted octanol–water partition coefficient (Wildman–Crippen LogP) is 0.909. The van der Waals surface area contributed by atoms with Crippen molar-refractivity contribution in [3.05, 3.63) is 0 Å². The van der Waals surface area contributed by atoms with Gasteiger partial charge in [0.15, 0.2) is 0 Å². The molecule has 2 amide bonds. The van der Waals surface area contributed by atoms with Gasteiger partial charge in [-0.1, -0.05) is 13.8 Å². The van der Waals surface area contributed by atoms with Crippen LogP contribution in [0.4, 0.5) is 0 Å². The van der Waals surface area contributed by atoms with Gasteiger partial charge >= 0.3 is 0 Å². The Morgan fingerprint density at radius 1 is 1.22 bits per heavy atom. The third-order valence-corrected chi connectivity index (χ3v) is 4.72. The molecule has 0 aromatic heterocycles. The zero-order valence-corrected chi connectivity index (χ0v) is 15.8. The van der Waals surface area contributed by atoms with E-state index in [-0.39, 0.29) is 42.5 Å². The number of hydrogen-bond acceptors (Lipinski definition) is 4. The molecule has 0 aliphatic carbocycles. The predicted molar refractivity (Wildman–Crippen MR) is 97.9 cm³/mol. The lowest BCUT2D eigenvalue weighted by atomic mass is 9.80. The number of likely N-dealkylation sites (tertiary alicyclic amines) is 1. The van der Waals surface area contributed by atoms with Gasteiger partial charge < -0.3 is 21.7 Å². The average Bonchev–Trinajstić information content (AvgIpc) is 2.54.